The first-order chi connectivity index (χ1) is 6.56. The maximum Gasteiger partial charge on any atom is 0.226 e. The van der Waals surface area contributed by atoms with E-state index in [1.807, 2.05) is 11.8 Å². The highest BCUT2D eigenvalue weighted by Crippen LogP contribution is 2.16. The van der Waals surface area contributed by atoms with E-state index >= 15 is 0 Å². The van der Waals surface area contributed by atoms with Gasteiger partial charge in [0.25, 0.3) is 0 Å². The Morgan fingerprint density at radius 2 is 2.29 bits per heavy atom. The van der Waals surface area contributed by atoms with Gasteiger partial charge in [-0.15, -0.1) is 0 Å². The first-order valence-corrected chi connectivity index (χ1v) is 5.30. The number of rotatable bonds is 2. The maximum absolute atomic E-state index is 11.8. The number of hydrogen-bond acceptors (Lipinski definition) is 3. The summed E-state index contributed by atoms with van der Waals surface area (Å²) in [6, 6.07) is 0.243. The minimum atomic E-state index is -0.0588. The average Bonchev–Trinajstić information content (AvgIpc) is 2.20. The molecule has 1 saturated heterocycles. The average molecular weight is 199 g/mol. The Hall–Kier alpha value is -0.610. The summed E-state index contributed by atoms with van der Waals surface area (Å²) in [5, 5.41) is 0. The summed E-state index contributed by atoms with van der Waals surface area (Å²) in [5.41, 5.74) is 11.4. The number of hydrogen-bond donors (Lipinski definition) is 2. The highest BCUT2D eigenvalue weighted by molar-refractivity contribution is 5.78. The van der Waals surface area contributed by atoms with Crippen LogP contribution >= 0.6 is 0 Å². The van der Waals surface area contributed by atoms with Gasteiger partial charge < -0.3 is 16.4 Å². The van der Waals surface area contributed by atoms with Crippen LogP contribution in [0.15, 0.2) is 0 Å². The van der Waals surface area contributed by atoms with Crippen LogP contribution in [0.5, 0.6) is 0 Å². The van der Waals surface area contributed by atoms with Gasteiger partial charge in [0.2, 0.25) is 5.91 Å². The summed E-state index contributed by atoms with van der Waals surface area (Å²) < 4.78 is 0. The second-order valence-electron chi connectivity index (χ2n) is 4.35. The molecule has 1 heterocycles. The molecular weight excluding hydrogens is 178 g/mol. The van der Waals surface area contributed by atoms with Crippen LogP contribution in [0.25, 0.3) is 0 Å². The van der Waals surface area contributed by atoms with Gasteiger partial charge in [-0.05, 0) is 12.3 Å². The Bertz CT molecular complexity index is 208. The second kappa shape index (κ2) is 4.75. The van der Waals surface area contributed by atoms with Crippen LogP contribution in [0, 0.1) is 11.8 Å². The highest BCUT2D eigenvalue weighted by Gasteiger charge is 2.27. The Morgan fingerprint density at radius 1 is 1.64 bits per heavy atom. The number of piperidine rings is 1. The first-order valence-electron chi connectivity index (χ1n) is 5.30. The summed E-state index contributed by atoms with van der Waals surface area (Å²) in [4.78, 5) is 13.7. The third-order valence-corrected chi connectivity index (χ3v) is 3.06. The molecule has 14 heavy (non-hydrogen) atoms. The largest absolute Gasteiger partial charge is 0.342 e. The lowest BCUT2D eigenvalue weighted by atomic mass is 9.94. The molecule has 1 amide bonds. The summed E-state index contributed by atoms with van der Waals surface area (Å²) in [5.74, 6) is 0.514. The molecule has 0 spiro atoms. The third kappa shape index (κ3) is 2.45. The molecule has 1 aliphatic rings. The normalized spacial score (nSPS) is 30.1. The SMILES string of the molecule is CC(CN)C(=O)N1CCC(N)C(C)C1. The van der Waals surface area contributed by atoms with Crippen LogP contribution in [-0.4, -0.2) is 36.5 Å². The molecule has 1 fully saturated rings. The Kier molecular flexibility index (Phi) is 3.89. The minimum absolute atomic E-state index is 0.0588. The van der Waals surface area contributed by atoms with Crippen molar-refractivity contribution in [2.45, 2.75) is 26.3 Å². The van der Waals surface area contributed by atoms with E-state index in [-0.39, 0.29) is 17.9 Å². The molecule has 0 aromatic heterocycles. The van der Waals surface area contributed by atoms with Crippen LogP contribution in [-0.2, 0) is 4.79 Å². The second-order valence-corrected chi connectivity index (χ2v) is 4.35. The fraction of sp³-hybridized carbons (Fsp3) is 0.900. The van der Waals surface area contributed by atoms with Crippen LogP contribution in [0.3, 0.4) is 0 Å². The Labute approximate surface area is 85.6 Å². The quantitative estimate of drug-likeness (QED) is 0.645. The molecule has 0 radical (unpaired) electrons. The molecule has 0 aliphatic carbocycles. The van der Waals surface area contributed by atoms with Crippen molar-refractivity contribution in [1.82, 2.24) is 4.90 Å². The van der Waals surface area contributed by atoms with Gasteiger partial charge in [-0.25, -0.2) is 0 Å². The van der Waals surface area contributed by atoms with Crippen LogP contribution in [0.1, 0.15) is 20.3 Å². The van der Waals surface area contributed by atoms with E-state index in [0.29, 0.717) is 12.5 Å². The molecule has 3 atom stereocenters. The molecule has 0 aromatic carbocycles. The maximum atomic E-state index is 11.8. The summed E-state index contributed by atoms with van der Waals surface area (Å²) in [6.45, 7) is 5.97. The smallest absolute Gasteiger partial charge is 0.226 e. The number of carbonyl (C=O) groups excluding carboxylic acids is 1. The van der Waals surface area contributed by atoms with E-state index < -0.39 is 0 Å². The van der Waals surface area contributed by atoms with Crippen molar-refractivity contribution in [2.24, 2.45) is 23.3 Å². The monoisotopic (exact) mass is 199 g/mol. The van der Waals surface area contributed by atoms with E-state index in [1.54, 1.807) is 0 Å². The van der Waals surface area contributed by atoms with E-state index in [1.165, 1.54) is 0 Å². The minimum Gasteiger partial charge on any atom is -0.342 e. The molecule has 3 unspecified atom stereocenters. The number of carbonyl (C=O) groups is 1. The van der Waals surface area contributed by atoms with Gasteiger partial charge in [-0.1, -0.05) is 13.8 Å². The van der Waals surface area contributed by atoms with Crippen molar-refractivity contribution < 1.29 is 4.79 Å². The van der Waals surface area contributed by atoms with E-state index in [4.69, 9.17) is 11.5 Å². The number of nitrogens with two attached hydrogens (primary N) is 2. The van der Waals surface area contributed by atoms with Crippen molar-refractivity contribution in [3.05, 3.63) is 0 Å². The lowest BCUT2D eigenvalue weighted by Gasteiger charge is -2.36. The summed E-state index contributed by atoms with van der Waals surface area (Å²) in [7, 11) is 0. The molecule has 1 aliphatic heterocycles. The van der Waals surface area contributed by atoms with Gasteiger partial charge in [0.05, 0.1) is 0 Å². The number of likely N-dealkylation sites (tertiary alicyclic amines) is 1. The molecular formula is C10H21N3O. The fourth-order valence-corrected chi connectivity index (χ4v) is 1.78. The van der Waals surface area contributed by atoms with Crippen molar-refractivity contribution in [2.75, 3.05) is 19.6 Å². The standard InChI is InChI=1S/C10H21N3O/c1-7(5-11)10(14)13-4-3-9(12)8(2)6-13/h7-9H,3-6,11-12H2,1-2H3. The molecule has 0 saturated carbocycles. The van der Waals surface area contributed by atoms with Gasteiger partial charge in [-0.3, -0.25) is 4.79 Å². The van der Waals surface area contributed by atoms with Crippen LogP contribution in [0.2, 0.25) is 0 Å². The summed E-state index contributed by atoms with van der Waals surface area (Å²) >= 11 is 0. The number of nitrogens with zero attached hydrogens (tertiary/aromatic N) is 1. The van der Waals surface area contributed by atoms with Crippen molar-refractivity contribution in [3.8, 4) is 0 Å². The zero-order chi connectivity index (χ0) is 10.7. The predicted molar refractivity (Wildman–Crippen MR) is 56.6 cm³/mol. The zero-order valence-electron chi connectivity index (χ0n) is 9.07. The molecule has 4 N–H and O–H groups in total. The molecule has 4 nitrogen and oxygen atoms in total. The van der Waals surface area contributed by atoms with Crippen LogP contribution < -0.4 is 11.5 Å². The fourth-order valence-electron chi connectivity index (χ4n) is 1.78. The molecule has 4 heteroatoms. The number of amides is 1. The molecule has 82 valence electrons. The predicted octanol–water partition coefficient (Wildman–Crippen LogP) is -0.223. The van der Waals surface area contributed by atoms with Gasteiger partial charge in [0.1, 0.15) is 0 Å². The van der Waals surface area contributed by atoms with E-state index in [2.05, 4.69) is 6.92 Å². The lowest BCUT2D eigenvalue weighted by Crippen LogP contribution is -2.50. The zero-order valence-corrected chi connectivity index (χ0v) is 9.07. The third-order valence-electron chi connectivity index (χ3n) is 3.06. The topological polar surface area (TPSA) is 72.4 Å². The van der Waals surface area contributed by atoms with Gasteiger partial charge >= 0.3 is 0 Å². The van der Waals surface area contributed by atoms with Gasteiger partial charge in [-0.2, -0.15) is 0 Å². The summed E-state index contributed by atoms with van der Waals surface area (Å²) in [6.07, 6.45) is 0.907. The van der Waals surface area contributed by atoms with Gasteiger partial charge in [0, 0.05) is 31.6 Å². The Morgan fingerprint density at radius 3 is 2.79 bits per heavy atom. The molecule has 1 rings (SSSR count). The van der Waals surface area contributed by atoms with Crippen molar-refractivity contribution in [1.29, 1.82) is 0 Å². The van der Waals surface area contributed by atoms with Gasteiger partial charge in [0.15, 0.2) is 0 Å². The Balaban J connectivity index is 2.50. The van der Waals surface area contributed by atoms with E-state index in [0.717, 1.165) is 19.5 Å². The highest BCUT2D eigenvalue weighted by atomic mass is 16.2. The lowest BCUT2D eigenvalue weighted by molar-refractivity contribution is -0.136. The van der Waals surface area contributed by atoms with Crippen molar-refractivity contribution in [3.63, 3.8) is 0 Å². The van der Waals surface area contributed by atoms with Crippen LogP contribution in [0.4, 0.5) is 0 Å². The van der Waals surface area contributed by atoms with Crippen molar-refractivity contribution >= 4 is 5.91 Å². The van der Waals surface area contributed by atoms with E-state index in [9.17, 15) is 4.79 Å². The molecule has 0 bridgehead atoms. The molecule has 0 aromatic rings. The first kappa shape index (κ1) is 11.5.